The summed E-state index contributed by atoms with van der Waals surface area (Å²) in [7, 11) is 0. The summed E-state index contributed by atoms with van der Waals surface area (Å²) in [5.41, 5.74) is 7.73. The maximum absolute atomic E-state index is 9.73. The van der Waals surface area contributed by atoms with Crippen molar-refractivity contribution in [2.24, 2.45) is 5.41 Å². The van der Waals surface area contributed by atoms with E-state index in [-0.39, 0.29) is 6.10 Å². The molecule has 3 fully saturated rings. The summed E-state index contributed by atoms with van der Waals surface area (Å²) in [4.78, 5) is 14.7. The second-order valence-electron chi connectivity index (χ2n) is 10.5. The summed E-state index contributed by atoms with van der Waals surface area (Å²) in [5.74, 6) is 1.06. The number of aliphatic hydroxyl groups is 1. The van der Waals surface area contributed by atoms with Gasteiger partial charge in [0.25, 0.3) is 0 Å². The molecule has 0 aromatic carbocycles. The number of hydrogen-bond donors (Lipinski definition) is 1. The predicted octanol–water partition coefficient (Wildman–Crippen LogP) is 3.47. The molecule has 2 aromatic heterocycles. The Morgan fingerprint density at radius 1 is 1.12 bits per heavy atom. The van der Waals surface area contributed by atoms with Gasteiger partial charge in [-0.05, 0) is 68.2 Å². The fourth-order valence-corrected chi connectivity index (χ4v) is 6.20. The molecule has 2 aliphatic carbocycles. The van der Waals surface area contributed by atoms with Crippen LogP contribution in [0.25, 0.3) is 17.3 Å². The van der Waals surface area contributed by atoms with Crippen molar-refractivity contribution in [3.05, 3.63) is 46.8 Å². The van der Waals surface area contributed by atoms with E-state index in [1.54, 1.807) is 0 Å². The van der Waals surface area contributed by atoms with Gasteiger partial charge in [-0.1, -0.05) is 11.6 Å². The Morgan fingerprint density at radius 2 is 1.91 bits per heavy atom. The van der Waals surface area contributed by atoms with Gasteiger partial charge in [0.1, 0.15) is 5.82 Å². The molecule has 0 bridgehead atoms. The molecule has 2 aromatic rings. The molecule has 0 unspecified atom stereocenters. The first-order valence-electron chi connectivity index (χ1n) is 12.5. The SMILES string of the molecule is Cc1cc2c(c(-c3ccc(N4CCC5(CC4)CC(O)C5)nc3)n1)C=C(CN1CCOCC1)C2. The lowest BCUT2D eigenvalue weighted by atomic mass is 9.61. The third kappa shape index (κ3) is 4.20. The maximum Gasteiger partial charge on any atom is 0.128 e. The molecule has 2 aliphatic heterocycles. The summed E-state index contributed by atoms with van der Waals surface area (Å²) >= 11 is 0. The zero-order valence-electron chi connectivity index (χ0n) is 19.6. The van der Waals surface area contributed by atoms with Crippen molar-refractivity contribution in [1.82, 2.24) is 14.9 Å². The van der Waals surface area contributed by atoms with Gasteiger partial charge in [0.15, 0.2) is 0 Å². The van der Waals surface area contributed by atoms with E-state index in [0.29, 0.717) is 5.41 Å². The summed E-state index contributed by atoms with van der Waals surface area (Å²) in [6, 6.07) is 6.59. The quantitative estimate of drug-likeness (QED) is 0.776. The molecule has 4 aliphatic rings. The number of anilines is 1. The topological polar surface area (TPSA) is 61.7 Å². The van der Waals surface area contributed by atoms with Crippen molar-refractivity contribution in [2.75, 3.05) is 50.8 Å². The number of morpholine rings is 1. The highest BCUT2D eigenvalue weighted by molar-refractivity contribution is 5.78. The minimum Gasteiger partial charge on any atom is -0.393 e. The Morgan fingerprint density at radius 3 is 2.61 bits per heavy atom. The number of nitrogens with zero attached hydrogens (tertiary/aromatic N) is 4. The molecule has 33 heavy (non-hydrogen) atoms. The van der Waals surface area contributed by atoms with Crippen LogP contribution < -0.4 is 4.90 Å². The lowest BCUT2D eigenvalue weighted by Gasteiger charge is -2.50. The highest BCUT2D eigenvalue weighted by Gasteiger charge is 2.45. The number of rotatable bonds is 4. The number of piperidine rings is 1. The van der Waals surface area contributed by atoms with Crippen LogP contribution in [0, 0.1) is 12.3 Å². The molecular weight excluding hydrogens is 412 g/mol. The first-order valence-corrected chi connectivity index (χ1v) is 12.5. The van der Waals surface area contributed by atoms with Gasteiger partial charge in [0.05, 0.1) is 25.0 Å². The van der Waals surface area contributed by atoms with Gasteiger partial charge >= 0.3 is 0 Å². The molecular formula is C27H34N4O2. The van der Waals surface area contributed by atoms with Gasteiger partial charge in [-0.25, -0.2) is 4.98 Å². The van der Waals surface area contributed by atoms with E-state index in [1.807, 2.05) is 6.20 Å². The second kappa shape index (κ2) is 8.49. The normalized spacial score (nSPS) is 22.8. The average molecular weight is 447 g/mol. The molecule has 1 N–H and O–H groups in total. The van der Waals surface area contributed by atoms with Crippen LogP contribution in [-0.4, -0.2) is 72.0 Å². The minimum absolute atomic E-state index is 0.0686. The molecule has 174 valence electrons. The van der Waals surface area contributed by atoms with Crippen LogP contribution in [0.5, 0.6) is 0 Å². The first-order chi connectivity index (χ1) is 16.1. The smallest absolute Gasteiger partial charge is 0.128 e. The van der Waals surface area contributed by atoms with Gasteiger partial charge in [0, 0.05) is 55.7 Å². The second-order valence-corrected chi connectivity index (χ2v) is 10.5. The van der Waals surface area contributed by atoms with E-state index in [2.05, 4.69) is 41.0 Å². The van der Waals surface area contributed by atoms with Crippen molar-refractivity contribution in [3.8, 4) is 11.3 Å². The van der Waals surface area contributed by atoms with Crippen molar-refractivity contribution < 1.29 is 9.84 Å². The molecule has 0 radical (unpaired) electrons. The van der Waals surface area contributed by atoms with Gasteiger partial charge in [-0.2, -0.15) is 0 Å². The zero-order chi connectivity index (χ0) is 22.4. The van der Waals surface area contributed by atoms with E-state index in [4.69, 9.17) is 14.7 Å². The largest absolute Gasteiger partial charge is 0.393 e. The summed E-state index contributed by atoms with van der Waals surface area (Å²) in [6.07, 6.45) is 9.60. The molecule has 6 nitrogen and oxygen atoms in total. The maximum atomic E-state index is 9.73. The predicted molar refractivity (Wildman–Crippen MR) is 130 cm³/mol. The molecule has 0 amide bonds. The van der Waals surface area contributed by atoms with E-state index >= 15 is 0 Å². The minimum atomic E-state index is -0.0686. The number of fused-ring (bicyclic) bond motifs is 1. The molecule has 6 heteroatoms. The standard InChI is InChI=1S/C27H34N4O2/c1-19-12-22-13-20(18-30-8-10-33-11-9-30)14-24(22)26(29-19)21-2-3-25(28-17-21)31-6-4-27(5-7-31)15-23(32)16-27/h2-3,12,14,17,23,32H,4-11,13,15-16,18H2,1H3. The highest BCUT2D eigenvalue weighted by Crippen LogP contribution is 2.49. The van der Waals surface area contributed by atoms with Crippen LogP contribution in [0.1, 0.15) is 42.5 Å². The lowest BCUT2D eigenvalue weighted by molar-refractivity contribution is -0.0464. The van der Waals surface area contributed by atoms with E-state index < -0.39 is 0 Å². The molecule has 2 saturated heterocycles. The summed E-state index contributed by atoms with van der Waals surface area (Å²) in [6.45, 7) is 8.88. The van der Waals surface area contributed by atoms with Gasteiger partial charge < -0.3 is 14.7 Å². The molecule has 6 rings (SSSR count). The number of ether oxygens (including phenoxy) is 1. The van der Waals surface area contributed by atoms with Crippen LogP contribution in [0.3, 0.4) is 0 Å². The third-order valence-corrected chi connectivity index (χ3v) is 8.08. The first kappa shape index (κ1) is 21.3. The van der Waals surface area contributed by atoms with Crippen LogP contribution in [0.4, 0.5) is 5.82 Å². The Labute approximate surface area is 196 Å². The van der Waals surface area contributed by atoms with Gasteiger partial charge in [0.2, 0.25) is 0 Å². The number of hydrogen-bond acceptors (Lipinski definition) is 6. The Hall–Kier alpha value is -2.28. The highest BCUT2D eigenvalue weighted by atomic mass is 16.5. The molecule has 1 saturated carbocycles. The zero-order valence-corrected chi connectivity index (χ0v) is 19.6. The van der Waals surface area contributed by atoms with Crippen LogP contribution in [0.2, 0.25) is 0 Å². The monoisotopic (exact) mass is 446 g/mol. The lowest BCUT2D eigenvalue weighted by Crippen LogP contribution is -2.49. The van der Waals surface area contributed by atoms with Crippen LogP contribution in [0.15, 0.2) is 30.0 Å². The summed E-state index contributed by atoms with van der Waals surface area (Å²) in [5, 5.41) is 9.73. The van der Waals surface area contributed by atoms with E-state index in [9.17, 15) is 5.11 Å². The Balaban J connectivity index is 1.19. The number of aryl methyl sites for hydroxylation is 1. The van der Waals surface area contributed by atoms with Crippen molar-refractivity contribution in [2.45, 2.75) is 45.1 Å². The Bertz CT molecular complexity index is 1040. The fourth-order valence-electron chi connectivity index (χ4n) is 6.20. The van der Waals surface area contributed by atoms with Crippen molar-refractivity contribution in [3.63, 3.8) is 0 Å². The molecule has 1 spiro atoms. The third-order valence-electron chi connectivity index (χ3n) is 8.08. The van der Waals surface area contributed by atoms with E-state index in [1.165, 1.54) is 16.7 Å². The number of aliphatic hydroxyl groups excluding tert-OH is 1. The van der Waals surface area contributed by atoms with E-state index in [0.717, 1.165) is 101 Å². The molecule has 0 atom stereocenters. The van der Waals surface area contributed by atoms with Crippen LogP contribution in [-0.2, 0) is 11.2 Å². The summed E-state index contributed by atoms with van der Waals surface area (Å²) < 4.78 is 5.50. The molecule has 4 heterocycles. The fraction of sp³-hybridized carbons (Fsp3) is 0.556. The van der Waals surface area contributed by atoms with Gasteiger partial charge in [-0.15, -0.1) is 0 Å². The Kier molecular flexibility index (Phi) is 5.47. The van der Waals surface area contributed by atoms with Crippen LogP contribution >= 0.6 is 0 Å². The van der Waals surface area contributed by atoms with Gasteiger partial charge in [-0.3, -0.25) is 9.88 Å². The average Bonchev–Trinajstić information content (AvgIpc) is 3.21. The van der Waals surface area contributed by atoms with Crippen molar-refractivity contribution >= 4 is 11.9 Å². The van der Waals surface area contributed by atoms with Crippen molar-refractivity contribution in [1.29, 1.82) is 0 Å². The number of pyridine rings is 2. The number of aromatic nitrogens is 2.